The monoisotopic (exact) mass is 362 g/mol. The highest BCUT2D eigenvalue weighted by Crippen LogP contribution is 2.23. The Labute approximate surface area is 157 Å². The van der Waals surface area contributed by atoms with E-state index in [9.17, 15) is 9.59 Å². The first-order chi connectivity index (χ1) is 12.9. The minimum Gasteiger partial charge on any atom is -0.324 e. The maximum absolute atomic E-state index is 12.4. The lowest BCUT2D eigenvalue weighted by Crippen LogP contribution is -2.31. The molecule has 0 aliphatic carbocycles. The lowest BCUT2D eigenvalue weighted by Gasteiger charge is -2.13. The molecule has 1 amide bonds. The number of nitrogens with zero attached hydrogens (tertiary/aromatic N) is 3. The number of carbonyl (C=O) groups excluding carboxylic acids is 1. The first-order valence-corrected chi connectivity index (χ1v) is 8.84. The van der Waals surface area contributed by atoms with Gasteiger partial charge in [0.05, 0.1) is 11.9 Å². The highest BCUT2D eigenvalue weighted by molar-refractivity contribution is 5.91. The number of carbonyl (C=O) groups is 1. The average Bonchev–Trinajstić information content (AvgIpc) is 2.64. The van der Waals surface area contributed by atoms with Crippen molar-refractivity contribution >= 4 is 11.6 Å². The summed E-state index contributed by atoms with van der Waals surface area (Å²) in [4.78, 5) is 28.7. The topological polar surface area (TPSA) is 76.9 Å². The first-order valence-electron chi connectivity index (χ1n) is 8.84. The van der Waals surface area contributed by atoms with Crippen molar-refractivity contribution in [1.82, 2.24) is 14.8 Å². The molecule has 0 saturated carbocycles. The van der Waals surface area contributed by atoms with Crippen LogP contribution in [0.25, 0.3) is 11.3 Å². The highest BCUT2D eigenvalue weighted by Gasteiger charge is 2.12. The maximum atomic E-state index is 12.4. The number of aryl methyl sites for hydroxylation is 1. The number of aromatic nitrogens is 3. The van der Waals surface area contributed by atoms with Crippen LogP contribution in [-0.2, 0) is 11.3 Å². The SMILES string of the molecule is Cc1ccc(-c2cnn(CC(=O)Nc3ccccc3C(C)C)c(=O)n2)cc1. The van der Waals surface area contributed by atoms with Gasteiger partial charge in [-0.15, -0.1) is 0 Å². The van der Waals surface area contributed by atoms with Crippen LogP contribution in [0, 0.1) is 6.92 Å². The van der Waals surface area contributed by atoms with Crippen LogP contribution in [-0.4, -0.2) is 20.7 Å². The van der Waals surface area contributed by atoms with Gasteiger partial charge in [0.15, 0.2) is 0 Å². The van der Waals surface area contributed by atoms with Gasteiger partial charge in [-0.25, -0.2) is 9.48 Å². The smallest absolute Gasteiger partial charge is 0.324 e. The van der Waals surface area contributed by atoms with Crippen LogP contribution in [0.15, 0.2) is 59.5 Å². The predicted octanol–water partition coefficient (Wildman–Crippen LogP) is 3.38. The summed E-state index contributed by atoms with van der Waals surface area (Å²) in [7, 11) is 0. The highest BCUT2D eigenvalue weighted by atomic mass is 16.2. The molecule has 0 saturated heterocycles. The van der Waals surface area contributed by atoms with Crippen molar-refractivity contribution in [3.05, 3.63) is 76.3 Å². The lowest BCUT2D eigenvalue weighted by atomic mass is 10.0. The van der Waals surface area contributed by atoms with Crippen LogP contribution < -0.4 is 11.0 Å². The molecule has 3 rings (SSSR count). The Kier molecular flexibility index (Phi) is 5.45. The van der Waals surface area contributed by atoms with E-state index < -0.39 is 5.69 Å². The van der Waals surface area contributed by atoms with Gasteiger partial charge in [-0.3, -0.25) is 4.79 Å². The summed E-state index contributed by atoms with van der Waals surface area (Å²) in [6.45, 7) is 5.92. The predicted molar refractivity (Wildman–Crippen MR) is 106 cm³/mol. The van der Waals surface area contributed by atoms with Gasteiger partial charge < -0.3 is 5.32 Å². The summed E-state index contributed by atoms with van der Waals surface area (Å²) in [6.07, 6.45) is 1.50. The van der Waals surface area contributed by atoms with Crippen molar-refractivity contribution in [2.24, 2.45) is 0 Å². The summed E-state index contributed by atoms with van der Waals surface area (Å²) in [5.74, 6) is -0.0413. The largest absolute Gasteiger partial charge is 0.365 e. The van der Waals surface area contributed by atoms with Gasteiger partial charge in [0.25, 0.3) is 0 Å². The fraction of sp³-hybridized carbons (Fsp3) is 0.238. The fourth-order valence-electron chi connectivity index (χ4n) is 2.78. The Hall–Kier alpha value is -3.28. The second-order valence-electron chi connectivity index (χ2n) is 6.74. The van der Waals surface area contributed by atoms with Crippen LogP contribution in [0.2, 0.25) is 0 Å². The van der Waals surface area contributed by atoms with Gasteiger partial charge in [-0.05, 0) is 24.5 Å². The van der Waals surface area contributed by atoms with Crippen molar-refractivity contribution < 1.29 is 4.79 Å². The second kappa shape index (κ2) is 7.95. The Bertz CT molecular complexity index is 1010. The molecule has 0 aliphatic heterocycles. The minimum atomic E-state index is -0.555. The number of nitrogens with one attached hydrogen (secondary N) is 1. The van der Waals surface area contributed by atoms with E-state index in [1.807, 2.05) is 55.5 Å². The van der Waals surface area contributed by atoms with Gasteiger partial charge in [0.2, 0.25) is 5.91 Å². The lowest BCUT2D eigenvalue weighted by molar-refractivity contribution is -0.117. The zero-order valence-electron chi connectivity index (χ0n) is 15.6. The first kappa shape index (κ1) is 18.5. The van der Waals surface area contributed by atoms with Crippen molar-refractivity contribution in [2.45, 2.75) is 33.2 Å². The molecule has 27 heavy (non-hydrogen) atoms. The maximum Gasteiger partial charge on any atom is 0.365 e. The van der Waals surface area contributed by atoms with Crippen molar-refractivity contribution in [3.8, 4) is 11.3 Å². The molecule has 2 aromatic carbocycles. The van der Waals surface area contributed by atoms with E-state index in [0.29, 0.717) is 5.69 Å². The Morgan fingerprint density at radius 2 is 1.81 bits per heavy atom. The van der Waals surface area contributed by atoms with Gasteiger partial charge in [0.1, 0.15) is 6.54 Å². The Morgan fingerprint density at radius 1 is 1.11 bits per heavy atom. The molecule has 0 atom stereocenters. The van der Waals surface area contributed by atoms with E-state index in [0.717, 1.165) is 27.1 Å². The van der Waals surface area contributed by atoms with Gasteiger partial charge in [-0.2, -0.15) is 10.1 Å². The van der Waals surface area contributed by atoms with Crippen molar-refractivity contribution in [1.29, 1.82) is 0 Å². The molecule has 0 unspecified atom stereocenters. The third-order valence-electron chi connectivity index (χ3n) is 4.25. The third-order valence-corrected chi connectivity index (χ3v) is 4.25. The summed E-state index contributed by atoms with van der Waals surface area (Å²) in [6, 6.07) is 15.3. The zero-order valence-corrected chi connectivity index (χ0v) is 15.6. The molecule has 0 fully saturated rings. The van der Waals surface area contributed by atoms with Gasteiger partial charge in [0, 0.05) is 11.3 Å². The molecule has 3 aromatic rings. The molecule has 6 heteroatoms. The molecule has 0 radical (unpaired) electrons. The van der Waals surface area contributed by atoms with Gasteiger partial charge >= 0.3 is 5.69 Å². The van der Waals surface area contributed by atoms with Crippen LogP contribution in [0.4, 0.5) is 5.69 Å². The summed E-state index contributed by atoms with van der Waals surface area (Å²) >= 11 is 0. The molecule has 138 valence electrons. The van der Waals surface area contributed by atoms with Crippen LogP contribution in [0.3, 0.4) is 0 Å². The van der Waals surface area contributed by atoms with E-state index >= 15 is 0 Å². The van der Waals surface area contributed by atoms with E-state index in [1.54, 1.807) is 0 Å². The standard InChI is InChI=1S/C21H22N4O2/c1-14(2)17-6-4-5-7-18(17)23-20(26)13-25-21(27)24-19(12-22-25)16-10-8-15(3)9-11-16/h4-12,14H,13H2,1-3H3,(H,23,26). The van der Waals surface area contributed by atoms with E-state index in [2.05, 4.69) is 29.2 Å². The number of hydrogen-bond acceptors (Lipinski definition) is 4. The van der Waals surface area contributed by atoms with E-state index in [-0.39, 0.29) is 18.4 Å². The molecular weight excluding hydrogens is 340 g/mol. The average molecular weight is 362 g/mol. The number of rotatable bonds is 5. The number of amides is 1. The molecule has 1 aromatic heterocycles. The number of anilines is 1. The van der Waals surface area contributed by atoms with E-state index in [4.69, 9.17) is 0 Å². The second-order valence-corrected chi connectivity index (χ2v) is 6.74. The van der Waals surface area contributed by atoms with E-state index in [1.165, 1.54) is 6.20 Å². The molecule has 6 nitrogen and oxygen atoms in total. The Morgan fingerprint density at radius 3 is 2.48 bits per heavy atom. The molecule has 1 heterocycles. The molecule has 0 bridgehead atoms. The van der Waals surface area contributed by atoms with Crippen LogP contribution >= 0.6 is 0 Å². The van der Waals surface area contributed by atoms with Crippen LogP contribution in [0.1, 0.15) is 30.9 Å². The number of hydrogen-bond donors (Lipinski definition) is 1. The summed E-state index contributed by atoms with van der Waals surface area (Å²) in [5, 5.41) is 6.95. The Balaban J connectivity index is 1.75. The van der Waals surface area contributed by atoms with Crippen molar-refractivity contribution in [3.63, 3.8) is 0 Å². The fourth-order valence-corrected chi connectivity index (χ4v) is 2.78. The summed E-state index contributed by atoms with van der Waals surface area (Å²) in [5.41, 5.74) is 3.65. The molecular formula is C21H22N4O2. The number of para-hydroxylation sites is 1. The molecule has 1 N–H and O–H groups in total. The van der Waals surface area contributed by atoms with Gasteiger partial charge in [-0.1, -0.05) is 61.9 Å². The van der Waals surface area contributed by atoms with Crippen molar-refractivity contribution in [2.75, 3.05) is 5.32 Å². The summed E-state index contributed by atoms with van der Waals surface area (Å²) < 4.78 is 1.06. The molecule has 0 spiro atoms. The minimum absolute atomic E-state index is 0.188. The molecule has 0 aliphatic rings. The normalized spacial score (nSPS) is 10.8. The third kappa shape index (κ3) is 4.47. The van der Waals surface area contributed by atoms with Crippen LogP contribution in [0.5, 0.6) is 0 Å². The number of benzene rings is 2. The quantitative estimate of drug-likeness (QED) is 0.755. The zero-order chi connectivity index (χ0) is 19.4.